The molecule has 92 valence electrons. The van der Waals surface area contributed by atoms with E-state index in [9.17, 15) is 0 Å². The maximum absolute atomic E-state index is 3.46. The van der Waals surface area contributed by atoms with Crippen molar-refractivity contribution in [2.45, 2.75) is 59.4 Å². The van der Waals surface area contributed by atoms with E-state index in [-0.39, 0.29) is 0 Å². The van der Waals surface area contributed by atoms with Crippen molar-refractivity contribution in [3.8, 4) is 0 Å². The van der Waals surface area contributed by atoms with Gasteiger partial charge < -0.3 is 5.32 Å². The molecule has 0 aliphatic rings. The van der Waals surface area contributed by atoms with Crippen molar-refractivity contribution < 1.29 is 0 Å². The van der Waals surface area contributed by atoms with E-state index < -0.39 is 0 Å². The molecule has 0 aromatic rings. The van der Waals surface area contributed by atoms with Gasteiger partial charge in [-0.15, -0.1) is 0 Å². The Bertz CT molecular complexity index is 128. The normalized spacial score (nSPS) is 15.2. The lowest BCUT2D eigenvalue weighted by molar-refractivity contribution is 0.510. The van der Waals surface area contributed by atoms with Crippen LogP contribution in [0.3, 0.4) is 0 Å². The number of thioether (sulfide) groups is 1. The van der Waals surface area contributed by atoms with Gasteiger partial charge in [0.1, 0.15) is 0 Å². The van der Waals surface area contributed by atoms with Crippen molar-refractivity contribution in [3.05, 3.63) is 0 Å². The summed E-state index contributed by atoms with van der Waals surface area (Å²) in [6.07, 6.45) is 5.42. The summed E-state index contributed by atoms with van der Waals surface area (Å²) in [6, 6.07) is 0.703. The fourth-order valence-corrected chi connectivity index (χ4v) is 2.72. The van der Waals surface area contributed by atoms with E-state index in [2.05, 4.69) is 44.8 Å². The smallest absolute Gasteiger partial charge is 0.00386 e. The maximum atomic E-state index is 3.46. The lowest BCUT2D eigenvalue weighted by atomic mass is 10.1. The van der Waals surface area contributed by atoms with E-state index in [1.807, 2.05) is 0 Å². The molecule has 0 amide bonds. The summed E-state index contributed by atoms with van der Waals surface area (Å²) in [5.41, 5.74) is 0. The Labute approximate surface area is 101 Å². The molecule has 2 unspecified atom stereocenters. The molecule has 0 saturated carbocycles. The maximum Gasteiger partial charge on any atom is 0.00386 e. The molecular weight excluding hydrogens is 202 g/mol. The van der Waals surface area contributed by atoms with E-state index >= 15 is 0 Å². The molecule has 0 aromatic carbocycles. The minimum atomic E-state index is 0.703. The Hall–Kier alpha value is 0.310. The van der Waals surface area contributed by atoms with Gasteiger partial charge in [0.05, 0.1) is 0 Å². The first kappa shape index (κ1) is 15.3. The second kappa shape index (κ2) is 10.8. The molecule has 0 fully saturated rings. The highest BCUT2D eigenvalue weighted by Gasteiger charge is 2.00. The van der Waals surface area contributed by atoms with Crippen LogP contribution in [0.4, 0.5) is 0 Å². The lowest BCUT2D eigenvalue weighted by Gasteiger charge is -2.12. The summed E-state index contributed by atoms with van der Waals surface area (Å²) in [5.74, 6) is 3.60. The third-order valence-electron chi connectivity index (χ3n) is 2.83. The standard InChI is InChI=1S/C13H29NS/c1-5-12(3)11-15-10-8-7-9-13(4)14-6-2/h12-14H,5-11H2,1-4H3. The van der Waals surface area contributed by atoms with Gasteiger partial charge in [0.2, 0.25) is 0 Å². The molecule has 0 aliphatic heterocycles. The summed E-state index contributed by atoms with van der Waals surface area (Å²) >= 11 is 2.13. The molecule has 0 spiro atoms. The van der Waals surface area contributed by atoms with Crippen LogP contribution in [0.15, 0.2) is 0 Å². The Kier molecular flexibility index (Phi) is 11.0. The van der Waals surface area contributed by atoms with Crippen LogP contribution in [0, 0.1) is 5.92 Å². The van der Waals surface area contributed by atoms with Crippen LogP contribution in [0.1, 0.15) is 53.4 Å². The topological polar surface area (TPSA) is 12.0 Å². The predicted octanol–water partition coefficient (Wildman–Crippen LogP) is 3.93. The third kappa shape index (κ3) is 10.6. The quantitative estimate of drug-likeness (QED) is 0.572. The fourth-order valence-electron chi connectivity index (χ4n) is 1.51. The SMILES string of the molecule is CCNC(C)CCCCSCC(C)CC. The molecule has 2 heteroatoms. The molecule has 1 nitrogen and oxygen atoms in total. The van der Waals surface area contributed by atoms with Crippen LogP contribution in [-0.4, -0.2) is 24.1 Å². The highest BCUT2D eigenvalue weighted by Crippen LogP contribution is 2.13. The third-order valence-corrected chi connectivity index (χ3v) is 4.21. The average molecular weight is 231 g/mol. The van der Waals surface area contributed by atoms with Crippen LogP contribution >= 0.6 is 11.8 Å². The van der Waals surface area contributed by atoms with Gasteiger partial charge in [0, 0.05) is 6.04 Å². The monoisotopic (exact) mass is 231 g/mol. The summed E-state index contributed by atoms with van der Waals surface area (Å²) in [7, 11) is 0. The zero-order valence-corrected chi connectivity index (χ0v) is 11.8. The van der Waals surface area contributed by atoms with Gasteiger partial charge in [-0.05, 0) is 43.7 Å². The van der Waals surface area contributed by atoms with E-state index in [1.165, 1.54) is 37.2 Å². The molecule has 15 heavy (non-hydrogen) atoms. The molecule has 0 aliphatic carbocycles. The highest BCUT2D eigenvalue weighted by atomic mass is 32.2. The molecule has 2 atom stereocenters. The van der Waals surface area contributed by atoms with Gasteiger partial charge in [0.25, 0.3) is 0 Å². The Balaban J connectivity index is 3.11. The van der Waals surface area contributed by atoms with Crippen molar-refractivity contribution in [3.63, 3.8) is 0 Å². The molecule has 0 aromatic heterocycles. The minimum absolute atomic E-state index is 0.703. The zero-order chi connectivity index (χ0) is 11.5. The number of hydrogen-bond donors (Lipinski definition) is 1. The van der Waals surface area contributed by atoms with Crippen molar-refractivity contribution in [1.29, 1.82) is 0 Å². The molecule has 0 heterocycles. The van der Waals surface area contributed by atoms with Crippen LogP contribution in [-0.2, 0) is 0 Å². The molecule has 0 rings (SSSR count). The Morgan fingerprint density at radius 2 is 1.87 bits per heavy atom. The highest BCUT2D eigenvalue weighted by molar-refractivity contribution is 7.99. The number of hydrogen-bond acceptors (Lipinski definition) is 2. The largest absolute Gasteiger partial charge is 0.315 e. The van der Waals surface area contributed by atoms with Gasteiger partial charge >= 0.3 is 0 Å². The van der Waals surface area contributed by atoms with Crippen LogP contribution in [0.25, 0.3) is 0 Å². The summed E-state index contributed by atoms with van der Waals surface area (Å²) in [4.78, 5) is 0. The predicted molar refractivity (Wildman–Crippen MR) is 73.8 cm³/mol. The number of unbranched alkanes of at least 4 members (excludes halogenated alkanes) is 1. The van der Waals surface area contributed by atoms with Crippen molar-refractivity contribution >= 4 is 11.8 Å². The van der Waals surface area contributed by atoms with E-state index in [0.717, 1.165) is 12.5 Å². The van der Waals surface area contributed by atoms with Crippen LogP contribution in [0.5, 0.6) is 0 Å². The van der Waals surface area contributed by atoms with Crippen LogP contribution in [0.2, 0.25) is 0 Å². The van der Waals surface area contributed by atoms with Crippen molar-refractivity contribution in [2.24, 2.45) is 5.92 Å². The first-order valence-corrected chi connectivity index (χ1v) is 7.67. The summed E-state index contributed by atoms with van der Waals surface area (Å²) in [6.45, 7) is 10.2. The van der Waals surface area contributed by atoms with Gasteiger partial charge in [-0.2, -0.15) is 11.8 Å². The first-order valence-electron chi connectivity index (χ1n) is 6.51. The number of rotatable bonds is 10. The second-order valence-electron chi connectivity index (χ2n) is 4.54. The van der Waals surface area contributed by atoms with Gasteiger partial charge in [-0.3, -0.25) is 0 Å². The van der Waals surface area contributed by atoms with Gasteiger partial charge in [0.15, 0.2) is 0 Å². The second-order valence-corrected chi connectivity index (χ2v) is 5.69. The molecular formula is C13H29NS. The zero-order valence-electron chi connectivity index (χ0n) is 11.0. The Morgan fingerprint density at radius 3 is 2.47 bits per heavy atom. The molecule has 0 bridgehead atoms. The first-order chi connectivity index (χ1) is 7.20. The Morgan fingerprint density at radius 1 is 1.13 bits per heavy atom. The number of nitrogens with one attached hydrogen (secondary N) is 1. The van der Waals surface area contributed by atoms with E-state index in [1.54, 1.807) is 0 Å². The van der Waals surface area contributed by atoms with Crippen molar-refractivity contribution in [1.82, 2.24) is 5.32 Å². The van der Waals surface area contributed by atoms with Crippen molar-refractivity contribution in [2.75, 3.05) is 18.1 Å². The fraction of sp³-hybridized carbons (Fsp3) is 1.00. The van der Waals surface area contributed by atoms with E-state index in [4.69, 9.17) is 0 Å². The van der Waals surface area contributed by atoms with Gasteiger partial charge in [-0.1, -0.05) is 33.6 Å². The molecule has 0 radical (unpaired) electrons. The average Bonchev–Trinajstić information content (AvgIpc) is 2.23. The van der Waals surface area contributed by atoms with Gasteiger partial charge in [-0.25, -0.2) is 0 Å². The summed E-state index contributed by atoms with van der Waals surface area (Å²) < 4.78 is 0. The van der Waals surface area contributed by atoms with Crippen LogP contribution < -0.4 is 5.32 Å². The molecule has 0 saturated heterocycles. The summed E-state index contributed by atoms with van der Waals surface area (Å²) in [5, 5.41) is 3.46. The minimum Gasteiger partial charge on any atom is -0.315 e. The van der Waals surface area contributed by atoms with E-state index in [0.29, 0.717) is 6.04 Å². The lowest BCUT2D eigenvalue weighted by Crippen LogP contribution is -2.25. The molecule has 1 N–H and O–H groups in total.